The third-order valence-corrected chi connectivity index (χ3v) is 13.6. The molecule has 0 radical (unpaired) electrons. The van der Waals surface area contributed by atoms with Crippen molar-refractivity contribution in [3.05, 3.63) is 36.5 Å². The minimum absolute atomic E-state index is 0.163. The molecule has 11 nitrogen and oxygen atoms in total. The molecule has 3 heterocycles. The van der Waals surface area contributed by atoms with E-state index in [2.05, 4.69) is 26.8 Å². The van der Waals surface area contributed by atoms with Gasteiger partial charge >= 0.3 is 5.97 Å². The first-order chi connectivity index (χ1) is 26.6. The molecule has 57 heavy (non-hydrogen) atoms. The van der Waals surface area contributed by atoms with E-state index in [0.29, 0.717) is 32.1 Å². The average Bonchev–Trinajstić information content (AvgIpc) is 3.17. The molecule has 3 rings (SSSR count). The van der Waals surface area contributed by atoms with Gasteiger partial charge in [-0.3, -0.25) is 9.59 Å². The second-order valence-corrected chi connectivity index (χ2v) is 18.2. The molecule has 11 heteroatoms. The van der Waals surface area contributed by atoms with Gasteiger partial charge in [0.15, 0.2) is 11.6 Å². The fourth-order valence-electron chi connectivity index (χ4n) is 9.37. The molecule has 2 bridgehead atoms. The van der Waals surface area contributed by atoms with Gasteiger partial charge in [0.2, 0.25) is 0 Å². The second-order valence-electron chi connectivity index (χ2n) is 18.2. The maximum absolute atomic E-state index is 13.6. The van der Waals surface area contributed by atoms with Crippen molar-refractivity contribution in [2.24, 2.45) is 53.3 Å². The molecular weight excluding hydrogens is 728 g/mol. The van der Waals surface area contributed by atoms with E-state index in [-0.39, 0.29) is 35.9 Å². The molecule has 0 aliphatic carbocycles. The maximum atomic E-state index is 13.6. The van der Waals surface area contributed by atoms with Crippen LogP contribution >= 0.6 is 0 Å². The minimum atomic E-state index is -2.18. The summed E-state index contributed by atoms with van der Waals surface area (Å²) in [6, 6.07) is 0. The molecule has 2 saturated heterocycles. The highest BCUT2D eigenvalue weighted by atomic mass is 16.7. The summed E-state index contributed by atoms with van der Waals surface area (Å²) in [5, 5.41) is 55.2. The summed E-state index contributed by atoms with van der Waals surface area (Å²) >= 11 is 0. The van der Waals surface area contributed by atoms with E-state index in [0.717, 1.165) is 19.3 Å². The van der Waals surface area contributed by atoms with Crippen LogP contribution in [-0.4, -0.2) is 97.2 Å². The number of ether oxygens (including phenoxy) is 3. The quantitative estimate of drug-likeness (QED) is 0.202. The Kier molecular flexibility index (Phi) is 18.4. The summed E-state index contributed by atoms with van der Waals surface area (Å²) in [5.74, 6) is -7.21. The Hall–Kier alpha value is -2.25. The van der Waals surface area contributed by atoms with Crippen LogP contribution in [-0.2, 0) is 28.6 Å². The van der Waals surface area contributed by atoms with Gasteiger partial charge in [0.05, 0.1) is 42.5 Å². The zero-order chi connectivity index (χ0) is 43.0. The Balaban J connectivity index is 2.02. The summed E-state index contributed by atoms with van der Waals surface area (Å²) < 4.78 is 20.3. The van der Waals surface area contributed by atoms with Crippen molar-refractivity contribution < 1.29 is 54.1 Å². The van der Waals surface area contributed by atoms with Gasteiger partial charge in [-0.25, -0.2) is 4.79 Å². The topological polar surface area (TPSA) is 180 Å². The Bertz CT molecular complexity index is 1400. The third-order valence-electron chi connectivity index (χ3n) is 13.6. The SMILES string of the molecule is CC[C@@H]1/C=C/C=C/C[C@H](C)[C@@H](O)[C@](C)(O)C(=O)[C@H](C)[C@@H](O)[C@H](C)C(=O)[C@H](C)[C@@H](O)[C@H](C)/C=C/C(=O)O[C@H]2[C@@H](C)[C@@H](CC1)OC1(CC[C@@H](C)[C@@H](C[C@H](C)O)O1)[C@@H]2CC. The van der Waals surface area contributed by atoms with Gasteiger partial charge < -0.3 is 39.7 Å². The summed E-state index contributed by atoms with van der Waals surface area (Å²) in [6.07, 6.45) is 10.3. The van der Waals surface area contributed by atoms with Crippen LogP contribution in [0.15, 0.2) is 36.5 Å². The highest BCUT2D eigenvalue weighted by molar-refractivity contribution is 5.91. The molecule has 326 valence electrons. The van der Waals surface area contributed by atoms with Crippen LogP contribution in [0.5, 0.6) is 0 Å². The highest BCUT2D eigenvalue weighted by Crippen LogP contribution is 2.50. The predicted octanol–water partition coefficient (Wildman–Crippen LogP) is 6.27. The number of Topliss-reactive ketones (excluding diaryl/α,β-unsaturated/α-hetero) is 2. The van der Waals surface area contributed by atoms with E-state index in [9.17, 15) is 39.9 Å². The Morgan fingerprint density at radius 3 is 2.09 bits per heavy atom. The molecular formula is C46H76O11. The maximum Gasteiger partial charge on any atom is 0.330 e. The first kappa shape index (κ1) is 49.1. The summed E-state index contributed by atoms with van der Waals surface area (Å²) in [4.78, 5) is 40.7. The van der Waals surface area contributed by atoms with E-state index >= 15 is 0 Å². The van der Waals surface area contributed by atoms with E-state index in [1.165, 1.54) is 32.9 Å². The first-order valence-electron chi connectivity index (χ1n) is 21.7. The van der Waals surface area contributed by atoms with Gasteiger partial charge in [-0.2, -0.15) is 0 Å². The number of aliphatic hydroxyl groups is 5. The average molecular weight is 805 g/mol. The molecule has 3 aliphatic rings. The fraction of sp³-hybridized carbons (Fsp3) is 0.804. The number of esters is 1. The minimum Gasteiger partial charge on any atom is -0.458 e. The first-order valence-corrected chi connectivity index (χ1v) is 21.7. The third kappa shape index (κ3) is 12.0. The Labute approximate surface area is 342 Å². The van der Waals surface area contributed by atoms with Crippen LogP contribution in [0.1, 0.15) is 128 Å². The number of carbonyl (C=O) groups excluding carboxylic acids is 3. The van der Waals surface area contributed by atoms with Crippen molar-refractivity contribution >= 4 is 17.5 Å². The lowest BCUT2D eigenvalue weighted by Crippen LogP contribution is -2.63. The second kappa shape index (κ2) is 21.3. The number of rotatable bonds is 4. The normalized spacial score (nSPS) is 46.2. The molecule has 0 aromatic rings. The van der Waals surface area contributed by atoms with Gasteiger partial charge in [-0.15, -0.1) is 0 Å². The van der Waals surface area contributed by atoms with Crippen molar-refractivity contribution in [2.75, 3.05) is 0 Å². The molecule has 0 saturated carbocycles. The van der Waals surface area contributed by atoms with Gasteiger partial charge in [0.1, 0.15) is 17.5 Å². The van der Waals surface area contributed by atoms with Gasteiger partial charge in [0, 0.05) is 42.1 Å². The van der Waals surface area contributed by atoms with Crippen molar-refractivity contribution in [3.8, 4) is 0 Å². The molecule has 1 unspecified atom stereocenters. The highest BCUT2D eigenvalue weighted by Gasteiger charge is 2.57. The molecule has 1 spiro atoms. The van der Waals surface area contributed by atoms with Gasteiger partial charge in [0.25, 0.3) is 0 Å². The summed E-state index contributed by atoms with van der Waals surface area (Å²) in [6.45, 7) is 19.2. The van der Waals surface area contributed by atoms with Crippen molar-refractivity contribution in [3.63, 3.8) is 0 Å². The summed E-state index contributed by atoms with van der Waals surface area (Å²) in [5.41, 5.74) is -2.18. The van der Waals surface area contributed by atoms with Crippen molar-refractivity contribution in [1.29, 1.82) is 0 Å². The van der Waals surface area contributed by atoms with Crippen molar-refractivity contribution in [2.45, 2.75) is 182 Å². The smallest absolute Gasteiger partial charge is 0.330 e. The van der Waals surface area contributed by atoms with E-state index in [1.54, 1.807) is 27.7 Å². The largest absolute Gasteiger partial charge is 0.458 e. The van der Waals surface area contributed by atoms with Crippen LogP contribution in [0, 0.1) is 53.3 Å². The predicted molar refractivity (Wildman–Crippen MR) is 220 cm³/mol. The Morgan fingerprint density at radius 2 is 1.47 bits per heavy atom. The number of aliphatic hydroxyl groups excluding tert-OH is 4. The van der Waals surface area contributed by atoms with E-state index in [1.807, 2.05) is 25.2 Å². The van der Waals surface area contributed by atoms with E-state index < -0.39 is 89.0 Å². The Morgan fingerprint density at radius 1 is 0.825 bits per heavy atom. The lowest BCUT2D eigenvalue weighted by molar-refractivity contribution is -0.374. The molecule has 5 N–H and O–H groups in total. The molecule has 2 fully saturated rings. The molecule has 0 aromatic carbocycles. The lowest BCUT2D eigenvalue weighted by Gasteiger charge is -2.56. The monoisotopic (exact) mass is 805 g/mol. The summed E-state index contributed by atoms with van der Waals surface area (Å²) in [7, 11) is 0. The van der Waals surface area contributed by atoms with Gasteiger partial charge in [-0.05, 0) is 76.5 Å². The standard InChI is InChI=1S/C46H76O11/c1-12-34-18-16-14-15-17-28(5)43(52)45(11,54)44(53)33(10)41(51)32(9)40(50)31(8)39(49)27(4)19-22-38(48)55-42-30(7)36(21-20-34)56-46(35(42)13-2)24-23-26(3)37(57-46)25-29(6)47/h14-16,18-19,22,26-37,39,41-43,47,49,51-52,54H,12-13,17,20-21,23-25H2,1-11H3/b15-14+,18-16+,22-19+/t26-,27-,28+,29+,30+,31-,32-,33-,34-,35-,36-,37-,39+,41+,42+,43-,45+,46?/m1/s1. The van der Waals surface area contributed by atoms with Crippen LogP contribution in [0.4, 0.5) is 0 Å². The fourth-order valence-corrected chi connectivity index (χ4v) is 9.37. The number of hydrogen-bond donors (Lipinski definition) is 5. The molecule has 0 aromatic heterocycles. The number of hydrogen-bond acceptors (Lipinski definition) is 11. The molecule has 3 aliphatic heterocycles. The lowest BCUT2D eigenvalue weighted by atomic mass is 9.73. The van der Waals surface area contributed by atoms with Crippen molar-refractivity contribution in [1.82, 2.24) is 0 Å². The van der Waals surface area contributed by atoms with Crippen LogP contribution in [0.3, 0.4) is 0 Å². The van der Waals surface area contributed by atoms with Crippen LogP contribution in [0.25, 0.3) is 0 Å². The van der Waals surface area contributed by atoms with E-state index in [4.69, 9.17) is 14.2 Å². The number of ketones is 2. The zero-order valence-corrected chi connectivity index (χ0v) is 36.5. The number of carbonyl (C=O) groups is 3. The number of allylic oxidation sites excluding steroid dienone is 4. The molecule has 0 amide bonds. The van der Waals surface area contributed by atoms with Crippen LogP contribution < -0.4 is 0 Å². The molecule has 18 atom stereocenters. The van der Waals surface area contributed by atoms with Gasteiger partial charge in [-0.1, -0.05) is 92.7 Å². The number of fused-ring (bicyclic) bond motifs is 2. The zero-order valence-electron chi connectivity index (χ0n) is 36.5. The van der Waals surface area contributed by atoms with Crippen LogP contribution in [0.2, 0.25) is 0 Å².